The van der Waals surface area contributed by atoms with Crippen molar-refractivity contribution in [1.82, 2.24) is 15.8 Å². The molecule has 2 heterocycles. The molecule has 0 unspecified atom stereocenters. The van der Waals surface area contributed by atoms with Gasteiger partial charge in [-0.2, -0.15) is 10.5 Å². The Bertz CT molecular complexity index is 1840. The molecular weight excluding hydrogens is 597 g/mol. The van der Waals surface area contributed by atoms with Gasteiger partial charge in [-0.3, -0.25) is 10.0 Å². The Labute approximate surface area is 273 Å². The highest BCUT2D eigenvalue weighted by atomic mass is 19.1. The molecule has 10 nitrogen and oxygen atoms in total. The number of carbonyl (C=O) groups is 1. The van der Waals surface area contributed by atoms with Crippen LogP contribution in [0.25, 0.3) is 22.3 Å². The third-order valence-corrected chi connectivity index (χ3v) is 8.49. The maximum Gasteiger partial charge on any atom is 0.243 e. The fourth-order valence-electron chi connectivity index (χ4n) is 5.89. The first-order chi connectivity index (χ1) is 22.7. The van der Waals surface area contributed by atoms with Crippen molar-refractivity contribution in [3.63, 3.8) is 0 Å². The number of halogens is 1. The van der Waals surface area contributed by atoms with Crippen molar-refractivity contribution in [2.75, 3.05) is 37.0 Å². The van der Waals surface area contributed by atoms with Gasteiger partial charge in [0.25, 0.3) is 0 Å². The Morgan fingerprint density at radius 1 is 1.02 bits per heavy atom. The number of aromatic hydroxyl groups is 1. The SMILES string of the molecule is CN(C)c1ccc(-c2cnc(N3CCC(NCc4ccc(CCC(=O)NO)cc4)CC3)c(C#N)c2-c2ccc(C#N)c(F)c2)cc1O. The summed E-state index contributed by atoms with van der Waals surface area (Å²) in [4.78, 5) is 19.9. The Balaban J connectivity index is 1.36. The number of aryl methyl sites for hydroxylation is 1. The van der Waals surface area contributed by atoms with E-state index in [1.54, 1.807) is 34.8 Å². The van der Waals surface area contributed by atoms with Gasteiger partial charge in [0.15, 0.2) is 0 Å². The first-order valence-electron chi connectivity index (χ1n) is 15.3. The maximum absolute atomic E-state index is 14.9. The summed E-state index contributed by atoms with van der Waals surface area (Å²) in [5.74, 6) is -0.525. The van der Waals surface area contributed by atoms with Gasteiger partial charge in [-0.25, -0.2) is 14.9 Å². The number of benzene rings is 3. The second-order valence-electron chi connectivity index (χ2n) is 11.8. The first-order valence-corrected chi connectivity index (χ1v) is 15.3. The highest BCUT2D eigenvalue weighted by Gasteiger charge is 2.26. The van der Waals surface area contributed by atoms with E-state index in [1.807, 2.05) is 50.5 Å². The van der Waals surface area contributed by atoms with E-state index in [2.05, 4.69) is 16.3 Å². The number of rotatable bonds is 10. The number of phenols is 1. The number of nitrogens with one attached hydrogen (secondary N) is 2. The van der Waals surface area contributed by atoms with E-state index in [1.165, 1.54) is 12.1 Å². The van der Waals surface area contributed by atoms with Crippen LogP contribution in [-0.2, 0) is 17.8 Å². The number of nitriles is 2. The average Bonchev–Trinajstić information content (AvgIpc) is 3.09. The standard InChI is InChI=1S/C36H36FN7O3/c1-43(2)32-11-10-25(18-33(32)45)30-22-41-36(29(20-39)35(30)26-8-9-27(19-38)31(37)17-26)44-15-13-28(14-16-44)40-21-24-5-3-23(4-6-24)7-12-34(46)42-47/h3-6,8-11,17-18,22,28,40,45,47H,7,12-16,21H2,1-2H3,(H,42,46). The number of anilines is 2. The van der Waals surface area contributed by atoms with Gasteiger partial charge in [0.2, 0.25) is 5.91 Å². The average molecular weight is 634 g/mol. The molecule has 0 spiro atoms. The molecule has 1 aliphatic rings. The molecule has 4 N–H and O–H groups in total. The zero-order chi connectivity index (χ0) is 33.5. The lowest BCUT2D eigenvalue weighted by Crippen LogP contribution is -2.42. The third kappa shape index (κ3) is 7.50. The summed E-state index contributed by atoms with van der Waals surface area (Å²) >= 11 is 0. The van der Waals surface area contributed by atoms with Crippen molar-refractivity contribution in [2.45, 2.75) is 38.3 Å². The van der Waals surface area contributed by atoms with E-state index in [4.69, 9.17) is 10.2 Å². The van der Waals surface area contributed by atoms with E-state index in [-0.39, 0.29) is 23.8 Å². The van der Waals surface area contributed by atoms with Crippen molar-refractivity contribution in [3.05, 3.63) is 94.9 Å². The number of amides is 1. The summed E-state index contributed by atoms with van der Waals surface area (Å²) in [6, 6.07) is 22.0. The van der Waals surface area contributed by atoms with Crippen LogP contribution in [0.15, 0.2) is 66.9 Å². The van der Waals surface area contributed by atoms with Gasteiger partial charge in [0, 0.05) is 63.5 Å². The number of carbonyl (C=O) groups excluding carboxylic acids is 1. The third-order valence-electron chi connectivity index (χ3n) is 8.49. The van der Waals surface area contributed by atoms with Crippen molar-refractivity contribution in [2.24, 2.45) is 0 Å². The van der Waals surface area contributed by atoms with Gasteiger partial charge in [-0.05, 0) is 65.8 Å². The summed E-state index contributed by atoms with van der Waals surface area (Å²) < 4.78 is 14.9. The van der Waals surface area contributed by atoms with E-state index < -0.39 is 11.7 Å². The lowest BCUT2D eigenvalue weighted by Gasteiger charge is -2.34. The van der Waals surface area contributed by atoms with Gasteiger partial charge < -0.3 is 20.2 Å². The number of nitrogens with zero attached hydrogens (tertiary/aromatic N) is 5. The topological polar surface area (TPSA) is 149 Å². The molecule has 1 saturated heterocycles. The second-order valence-corrected chi connectivity index (χ2v) is 11.8. The molecule has 1 fully saturated rings. The lowest BCUT2D eigenvalue weighted by molar-refractivity contribution is -0.129. The molecule has 0 bridgehead atoms. The predicted octanol–water partition coefficient (Wildman–Crippen LogP) is 5.27. The summed E-state index contributed by atoms with van der Waals surface area (Å²) in [7, 11) is 3.65. The van der Waals surface area contributed by atoms with Gasteiger partial charge in [0.05, 0.1) is 11.3 Å². The number of aromatic nitrogens is 1. The van der Waals surface area contributed by atoms with Crippen molar-refractivity contribution in [1.29, 1.82) is 10.5 Å². The molecule has 0 saturated carbocycles. The summed E-state index contributed by atoms with van der Waals surface area (Å²) in [5.41, 5.74) is 6.73. The van der Waals surface area contributed by atoms with E-state index in [0.717, 1.165) is 24.0 Å². The second kappa shape index (κ2) is 14.7. The van der Waals surface area contributed by atoms with Crippen molar-refractivity contribution >= 4 is 17.4 Å². The molecule has 0 aliphatic carbocycles. The van der Waals surface area contributed by atoms with Crippen LogP contribution in [0.3, 0.4) is 0 Å². The van der Waals surface area contributed by atoms with E-state index >= 15 is 0 Å². The van der Waals surface area contributed by atoms with Crippen LogP contribution in [-0.4, -0.2) is 54.4 Å². The molecule has 1 amide bonds. The van der Waals surface area contributed by atoms with Crippen molar-refractivity contribution < 1.29 is 19.5 Å². The number of piperidine rings is 1. The highest BCUT2D eigenvalue weighted by Crippen LogP contribution is 2.41. The largest absolute Gasteiger partial charge is 0.506 e. The molecule has 0 radical (unpaired) electrons. The number of pyridine rings is 1. The minimum Gasteiger partial charge on any atom is -0.506 e. The van der Waals surface area contributed by atoms with Gasteiger partial charge in [-0.1, -0.05) is 36.4 Å². The fourth-order valence-corrected chi connectivity index (χ4v) is 5.89. The number of hydrogen-bond donors (Lipinski definition) is 4. The van der Waals surface area contributed by atoms with Gasteiger partial charge in [-0.15, -0.1) is 0 Å². The highest BCUT2D eigenvalue weighted by molar-refractivity contribution is 5.91. The van der Waals surface area contributed by atoms with Crippen LogP contribution in [0, 0.1) is 28.5 Å². The summed E-state index contributed by atoms with van der Waals surface area (Å²) in [5, 5.41) is 42.8. The molecule has 3 aromatic carbocycles. The predicted molar refractivity (Wildman–Crippen MR) is 177 cm³/mol. The van der Waals surface area contributed by atoms with Gasteiger partial charge in [0.1, 0.15) is 35.1 Å². The molecule has 4 aromatic rings. The molecule has 5 rings (SSSR count). The number of hydroxylamine groups is 1. The van der Waals surface area contributed by atoms with E-state index in [0.29, 0.717) is 65.4 Å². The van der Waals surface area contributed by atoms with Crippen molar-refractivity contribution in [3.8, 4) is 40.1 Å². The normalized spacial score (nSPS) is 13.1. The molecule has 1 aliphatic heterocycles. The minimum absolute atomic E-state index is 0.0599. The monoisotopic (exact) mass is 633 g/mol. The molecule has 240 valence electrons. The number of phenolic OH excluding ortho intramolecular Hbond substituents is 1. The quantitative estimate of drug-likeness (QED) is 0.135. The van der Waals surface area contributed by atoms with Crippen LogP contribution >= 0.6 is 0 Å². The fraction of sp³-hybridized carbons (Fsp3) is 0.278. The Morgan fingerprint density at radius 2 is 1.72 bits per heavy atom. The number of hydrogen-bond acceptors (Lipinski definition) is 9. The first kappa shape index (κ1) is 32.9. The zero-order valence-corrected chi connectivity index (χ0v) is 26.3. The lowest BCUT2D eigenvalue weighted by atomic mass is 9.91. The van der Waals surface area contributed by atoms with Crippen LogP contribution in [0.2, 0.25) is 0 Å². The van der Waals surface area contributed by atoms with Crippen LogP contribution < -0.4 is 20.6 Å². The van der Waals surface area contributed by atoms with Gasteiger partial charge >= 0.3 is 0 Å². The summed E-state index contributed by atoms with van der Waals surface area (Å²) in [6.45, 7) is 2.00. The molecule has 1 aromatic heterocycles. The van der Waals surface area contributed by atoms with Crippen LogP contribution in [0.4, 0.5) is 15.9 Å². The van der Waals surface area contributed by atoms with E-state index in [9.17, 15) is 24.8 Å². The molecule has 47 heavy (non-hydrogen) atoms. The zero-order valence-electron chi connectivity index (χ0n) is 26.3. The maximum atomic E-state index is 14.9. The van der Waals surface area contributed by atoms with Crippen LogP contribution in [0.1, 0.15) is 41.5 Å². The molecular formula is C36H36FN7O3. The molecule has 11 heteroatoms. The minimum atomic E-state index is -0.681. The Morgan fingerprint density at radius 3 is 2.34 bits per heavy atom. The summed E-state index contributed by atoms with van der Waals surface area (Å²) in [6.07, 6.45) is 4.07. The Kier molecular flexibility index (Phi) is 10.3. The smallest absolute Gasteiger partial charge is 0.243 e. The Hall–Kier alpha value is -5.49. The van der Waals surface area contributed by atoms with Crippen LogP contribution in [0.5, 0.6) is 5.75 Å². The molecule has 0 atom stereocenters.